The second kappa shape index (κ2) is 6.65. The maximum Gasteiger partial charge on any atom is 0.294 e. The second-order valence-corrected chi connectivity index (χ2v) is 7.41. The van der Waals surface area contributed by atoms with Crippen LogP contribution in [0.1, 0.15) is 24.4 Å². The maximum atomic E-state index is 4.10. The van der Waals surface area contributed by atoms with Crippen LogP contribution in [0.5, 0.6) is 0 Å². The molecule has 1 aromatic heterocycles. The molecule has 4 aromatic rings. The lowest BCUT2D eigenvalue weighted by atomic mass is 9.86. The van der Waals surface area contributed by atoms with Crippen LogP contribution >= 0.6 is 0 Å². The van der Waals surface area contributed by atoms with Gasteiger partial charge in [0.2, 0.25) is 0 Å². The molecule has 2 heteroatoms. The zero-order valence-corrected chi connectivity index (χ0v) is 16.0. The largest absolute Gasteiger partial charge is 0.294 e. The predicted molar refractivity (Wildman–Crippen MR) is 114 cm³/mol. The molecule has 0 saturated carbocycles. The van der Waals surface area contributed by atoms with Gasteiger partial charge in [-0.15, -0.1) is 0 Å². The molecular formula is C26H23N2+. The third kappa shape index (κ3) is 2.53. The van der Waals surface area contributed by atoms with Gasteiger partial charge in [0.05, 0.1) is 5.56 Å². The monoisotopic (exact) mass is 363 g/mol. The molecule has 0 N–H and O–H groups in total. The molecule has 1 aliphatic rings. The summed E-state index contributed by atoms with van der Waals surface area (Å²) in [6.45, 7) is 6.39. The molecule has 0 amide bonds. The van der Waals surface area contributed by atoms with E-state index in [1.165, 1.54) is 33.8 Å². The summed E-state index contributed by atoms with van der Waals surface area (Å²) in [5.41, 5.74) is 6.32. The molecule has 1 aliphatic heterocycles. The Kier molecular flexibility index (Phi) is 3.98. The normalized spacial score (nSPS) is 17.6. The first kappa shape index (κ1) is 16.8. The van der Waals surface area contributed by atoms with Crippen molar-refractivity contribution < 1.29 is 4.57 Å². The van der Waals surface area contributed by atoms with Crippen LogP contribution < -0.4 is 4.57 Å². The summed E-state index contributed by atoms with van der Waals surface area (Å²) < 4.78 is 4.64. The van der Waals surface area contributed by atoms with Crippen LogP contribution in [0.15, 0.2) is 104 Å². The van der Waals surface area contributed by atoms with Crippen LogP contribution in [0.25, 0.3) is 28.2 Å². The van der Waals surface area contributed by atoms with Gasteiger partial charge in [-0.25, -0.2) is 4.57 Å². The summed E-state index contributed by atoms with van der Waals surface area (Å²) in [7, 11) is 0. The molecule has 2 nitrogen and oxygen atoms in total. The van der Waals surface area contributed by atoms with Crippen LogP contribution in [-0.2, 0) is 0 Å². The quantitative estimate of drug-likeness (QED) is 0.314. The molecule has 5 rings (SSSR count). The SMILES string of the molecule is C=CC1C(C)c2ccccc2-c2n(-c3ccc(-c4ccccc4)cc3)cc[n+]21. The molecule has 0 radical (unpaired) electrons. The fourth-order valence-electron chi connectivity index (χ4n) is 4.41. The Morgan fingerprint density at radius 1 is 0.857 bits per heavy atom. The highest BCUT2D eigenvalue weighted by atomic mass is 15.2. The molecule has 28 heavy (non-hydrogen) atoms. The highest BCUT2D eigenvalue weighted by Crippen LogP contribution is 2.39. The van der Waals surface area contributed by atoms with Crippen molar-refractivity contribution in [2.75, 3.05) is 0 Å². The minimum atomic E-state index is 0.259. The molecule has 0 bridgehead atoms. The standard InChI is InChI=1S/C26H23N2/c1-3-25-19(2)23-11-7-8-12-24(23)26-27(17-18-28(25)26)22-15-13-21(14-16-22)20-9-5-4-6-10-20/h3-19,25H,1H2,2H3/q+1. The van der Waals surface area contributed by atoms with Crippen molar-refractivity contribution in [2.24, 2.45) is 0 Å². The number of allylic oxidation sites excluding steroid dienone is 1. The van der Waals surface area contributed by atoms with Gasteiger partial charge in [-0.2, -0.15) is 4.57 Å². The molecule has 136 valence electrons. The van der Waals surface area contributed by atoms with Crippen LogP contribution in [0.2, 0.25) is 0 Å². The van der Waals surface area contributed by atoms with Gasteiger partial charge in [0.25, 0.3) is 5.82 Å². The number of hydrogen-bond donors (Lipinski definition) is 0. The van der Waals surface area contributed by atoms with Crippen molar-refractivity contribution in [3.63, 3.8) is 0 Å². The molecule has 2 unspecified atom stereocenters. The smallest absolute Gasteiger partial charge is 0.223 e. The molecule has 3 aromatic carbocycles. The fourth-order valence-corrected chi connectivity index (χ4v) is 4.41. The molecule has 2 heterocycles. The van der Waals surface area contributed by atoms with Crippen LogP contribution in [-0.4, -0.2) is 4.57 Å². The van der Waals surface area contributed by atoms with Gasteiger partial charge in [-0.3, -0.25) is 0 Å². The number of aromatic nitrogens is 2. The highest BCUT2D eigenvalue weighted by molar-refractivity contribution is 5.66. The number of imidazole rings is 1. The zero-order chi connectivity index (χ0) is 19.1. The van der Waals surface area contributed by atoms with Gasteiger partial charge in [0, 0.05) is 5.92 Å². The first-order valence-electron chi connectivity index (χ1n) is 9.78. The lowest BCUT2D eigenvalue weighted by Crippen LogP contribution is -2.44. The maximum absolute atomic E-state index is 4.10. The van der Waals surface area contributed by atoms with E-state index in [2.05, 4.69) is 120 Å². The van der Waals surface area contributed by atoms with Gasteiger partial charge in [-0.05, 0) is 41.0 Å². The number of nitrogens with zero attached hydrogens (tertiary/aromatic N) is 2. The Morgan fingerprint density at radius 3 is 2.29 bits per heavy atom. The summed E-state index contributed by atoms with van der Waals surface area (Å²) in [6.07, 6.45) is 6.41. The van der Waals surface area contributed by atoms with Gasteiger partial charge in [0.15, 0.2) is 0 Å². The van der Waals surface area contributed by atoms with Crippen molar-refractivity contribution in [3.05, 3.63) is 109 Å². The van der Waals surface area contributed by atoms with E-state index in [9.17, 15) is 0 Å². The Hall–Kier alpha value is -3.39. The van der Waals surface area contributed by atoms with Crippen molar-refractivity contribution in [1.29, 1.82) is 0 Å². The molecule has 0 saturated heterocycles. The molecule has 2 atom stereocenters. The Balaban J connectivity index is 1.64. The zero-order valence-electron chi connectivity index (χ0n) is 16.0. The van der Waals surface area contributed by atoms with E-state index in [1.54, 1.807) is 0 Å². The lowest BCUT2D eigenvalue weighted by Gasteiger charge is -2.26. The van der Waals surface area contributed by atoms with E-state index < -0.39 is 0 Å². The second-order valence-electron chi connectivity index (χ2n) is 7.41. The van der Waals surface area contributed by atoms with Gasteiger partial charge < -0.3 is 0 Å². The minimum absolute atomic E-state index is 0.259. The van der Waals surface area contributed by atoms with E-state index in [0.717, 1.165) is 0 Å². The van der Waals surface area contributed by atoms with Crippen molar-refractivity contribution in [1.82, 2.24) is 4.57 Å². The predicted octanol–water partition coefficient (Wildman–Crippen LogP) is 5.94. The van der Waals surface area contributed by atoms with E-state index in [0.29, 0.717) is 5.92 Å². The van der Waals surface area contributed by atoms with E-state index in [4.69, 9.17) is 0 Å². The fraction of sp³-hybridized carbons (Fsp3) is 0.115. The first-order valence-corrected chi connectivity index (χ1v) is 9.78. The molecule has 0 aliphatic carbocycles. The van der Waals surface area contributed by atoms with Crippen molar-refractivity contribution in [3.8, 4) is 28.2 Å². The van der Waals surface area contributed by atoms with E-state index >= 15 is 0 Å². The highest BCUT2D eigenvalue weighted by Gasteiger charge is 2.36. The number of hydrogen-bond acceptors (Lipinski definition) is 0. The third-order valence-corrected chi connectivity index (χ3v) is 5.87. The van der Waals surface area contributed by atoms with Crippen LogP contribution in [0, 0.1) is 0 Å². The van der Waals surface area contributed by atoms with E-state index in [1.807, 2.05) is 0 Å². The number of benzene rings is 3. The Bertz CT molecular complexity index is 1140. The van der Waals surface area contributed by atoms with Gasteiger partial charge >= 0.3 is 0 Å². The van der Waals surface area contributed by atoms with Crippen molar-refractivity contribution >= 4 is 0 Å². The molecule has 0 fully saturated rings. The van der Waals surface area contributed by atoms with Gasteiger partial charge in [-0.1, -0.05) is 74.2 Å². The molecule has 0 spiro atoms. The Labute approximate surface area is 166 Å². The summed E-state index contributed by atoms with van der Waals surface area (Å²) in [5.74, 6) is 1.62. The summed E-state index contributed by atoms with van der Waals surface area (Å²) in [6, 6.07) is 28.3. The topological polar surface area (TPSA) is 8.81 Å². The van der Waals surface area contributed by atoms with Gasteiger partial charge in [0.1, 0.15) is 24.1 Å². The summed E-state index contributed by atoms with van der Waals surface area (Å²) in [4.78, 5) is 0. The number of fused-ring (bicyclic) bond motifs is 3. The average molecular weight is 363 g/mol. The lowest BCUT2D eigenvalue weighted by molar-refractivity contribution is -0.705. The van der Waals surface area contributed by atoms with Crippen LogP contribution in [0.4, 0.5) is 0 Å². The first-order chi connectivity index (χ1) is 13.8. The van der Waals surface area contributed by atoms with E-state index in [-0.39, 0.29) is 6.04 Å². The number of rotatable bonds is 3. The third-order valence-electron chi connectivity index (χ3n) is 5.87. The van der Waals surface area contributed by atoms with Crippen molar-refractivity contribution in [2.45, 2.75) is 18.9 Å². The van der Waals surface area contributed by atoms with Crippen LogP contribution in [0.3, 0.4) is 0 Å². The average Bonchev–Trinajstić information content (AvgIpc) is 3.20. The summed E-state index contributed by atoms with van der Waals surface area (Å²) in [5, 5.41) is 0. The Morgan fingerprint density at radius 2 is 1.54 bits per heavy atom. The summed E-state index contributed by atoms with van der Waals surface area (Å²) >= 11 is 0. The minimum Gasteiger partial charge on any atom is -0.223 e. The molecular weight excluding hydrogens is 340 g/mol.